The van der Waals surface area contributed by atoms with Gasteiger partial charge in [0.2, 0.25) is 11.0 Å². The zero-order valence-corrected chi connectivity index (χ0v) is 22.2. The molecule has 0 unspecified atom stereocenters. The highest BCUT2D eigenvalue weighted by Crippen LogP contribution is 2.20. The molecule has 1 N–H and O–H groups in total. The monoisotopic (exact) mass is 537 g/mol. The van der Waals surface area contributed by atoms with Crippen molar-refractivity contribution in [3.63, 3.8) is 0 Å². The molecule has 2 aromatic carbocycles. The highest BCUT2D eigenvalue weighted by atomic mass is 35.5. The van der Waals surface area contributed by atoms with Gasteiger partial charge in [-0.15, -0.1) is 11.6 Å². The number of carbonyl (C=O) groups is 3. The minimum absolute atomic E-state index is 0.0910. The lowest BCUT2D eigenvalue weighted by Crippen LogP contribution is -2.46. The summed E-state index contributed by atoms with van der Waals surface area (Å²) >= 11 is 8.27. The molecule has 0 heterocycles. The van der Waals surface area contributed by atoms with Crippen molar-refractivity contribution in [2.75, 3.05) is 43.5 Å². The van der Waals surface area contributed by atoms with Crippen LogP contribution < -0.4 is 5.32 Å². The van der Waals surface area contributed by atoms with Crippen molar-refractivity contribution >= 4 is 52.1 Å². The van der Waals surface area contributed by atoms with Crippen LogP contribution in [0.15, 0.2) is 60.7 Å². The molecule has 35 heavy (non-hydrogen) atoms. The van der Waals surface area contributed by atoms with Gasteiger partial charge in [0.15, 0.2) is 0 Å². The number of nitrogens with one attached hydrogen (secondary N) is 1. The van der Waals surface area contributed by atoms with Crippen LogP contribution in [0.4, 0.5) is 0 Å². The maximum absolute atomic E-state index is 13.3. The average molecular weight is 538 g/mol. The first-order chi connectivity index (χ1) is 17.0. The topological polar surface area (TPSA) is 81.7 Å². The molecule has 1 amide bonds. The molecule has 0 aliphatic carbocycles. The number of ether oxygens (including phenoxy) is 2. The van der Waals surface area contributed by atoms with Crippen LogP contribution in [0.25, 0.3) is 0 Å². The van der Waals surface area contributed by atoms with E-state index in [1.165, 1.54) is 0 Å². The molecule has 0 aliphatic heterocycles. The molecule has 0 saturated heterocycles. The average Bonchev–Trinajstić information content (AvgIpc) is 2.89. The van der Waals surface area contributed by atoms with E-state index in [2.05, 4.69) is 5.32 Å². The van der Waals surface area contributed by atoms with E-state index in [-0.39, 0.29) is 24.2 Å². The van der Waals surface area contributed by atoms with E-state index in [0.717, 1.165) is 17.3 Å². The Hall–Kier alpha value is -2.00. The Morgan fingerprint density at radius 3 is 2.31 bits per heavy atom. The van der Waals surface area contributed by atoms with Crippen molar-refractivity contribution in [2.45, 2.75) is 18.9 Å². The molecule has 0 radical (unpaired) electrons. The Balaban J connectivity index is 2.04. The first-order valence-corrected chi connectivity index (χ1v) is 14.3. The fourth-order valence-corrected chi connectivity index (χ4v) is 4.70. The van der Waals surface area contributed by atoms with Crippen LogP contribution >= 0.6 is 35.1 Å². The third kappa shape index (κ3) is 11.5. The van der Waals surface area contributed by atoms with Gasteiger partial charge in [0.1, 0.15) is 12.6 Å². The lowest BCUT2D eigenvalue weighted by Gasteiger charge is -2.22. The Labute approximate surface area is 220 Å². The fourth-order valence-electron chi connectivity index (χ4n) is 3.19. The number of amides is 1. The number of benzene rings is 2. The Morgan fingerprint density at radius 2 is 1.66 bits per heavy atom. The first kappa shape index (κ1) is 29.2. The largest absolute Gasteiger partial charge is 0.462 e. The van der Waals surface area contributed by atoms with Crippen LogP contribution in [0.2, 0.25) is 0 Å². The standard InChI is InChI=1S/C26H32ClNO5S2/c1-34-17-12-23(25(30)33-16-15-32-14-13-27)28-24(29)22(18-20-8-4-2-5-9-20)19-35-26(31)21-10-6-3-7-11-21/h2-11,22-23H,12-19H2,1H3,(H,28,29)/t22-,23+/m1/s1. The molecule has 0 spiro atoms. The van der Waals surface area contributed by atoms with Gasteiger partial charge in [0, 0.05) is 17.2 Å². The number of alkyl halides is 1. The summed E-state index contributed by atoms with van der Waals surface area (Å²) in [5.41, 5.74) is 1.58. The number of carbonyl (C=O) groups excluding carboxylic acids is 3. The zero-order chi connectivity index (χ0) is 25.3. The fraction of sp³-hybridized carbons (Fsp3) is 0.423. The molecule has 0 bridgehead atoms. The number of halogens is 1. The molecule has 2 aromatic rings. The number of hydrogen-bond acceptors (Lipinski definition) is 7. The molecular weight excluding hydrogens is 506 g/mol. The van der Waals surface area contributed by atoms with Crippen molar-refractivity contribution in [2.24, 2.45) is 5.92 Å². The molecule has 190 valence electrons. The van der Waals surface area contributed by atoms with E-state index in [9.17, 15) is 14.4 Å². The number of hydrogen-bond donors (Lipinski definition) is 1. The summed E-state index contributed by atoms with van der Waals surface area (Å²) in [5.74, 6) is 0.0931. The van der Waals surface area contributed by atoms with E-state index in [1.807, 2.05) is 54.8 Å². The molecule has 0 aromatic heterocycles. The van der Waals surface area contributed by atoms with E-state index in [0.29, 0.717) is 42.4 Å². The lowest BCUT2D eigenvalue weighted by atomic mass is 9.99. The normalized spacial score (nSPS) is 12.5. The molecule has 0 aliphatic rings. The number of esters is 1. The zero-order valence-electron chi connectivity index (χ0n) is 19.8. The van der Waals surface area contributed by atoms with E-state index >= 15 is 0 Å². The second-order valence-electron chi connectivity index (χ2n) is 7.66. The van der Waals surface area contributed by atoms with E-state index in [4.69, 9.17) is 21.1 Å². The summed E-state index contributed by atoms with van der Waals surface area (Å²) in [6.45, 7) is 0.721. The minimum Gasteiger partial charge on any atom is -0.462 e. The highest BCUT2D eigenvalue weighted by Gasteiger charge is 2.27. The van der Waals surface area contributed by atoms with Gasteiger partial charge in [-0.3, -0.25) is 9.59 Å². The molecule has 2 atom stereocenters. The summed E-state index contributed by atoms with van der Waals surface area (Å²) in [4.78, 5) is 38.6. The third-order valence-electron chi connectivity index (χ3n) is 5.03. The van der Waals surface area contributed by atoms with Crippen LogP contribution in [-0.2, 0) is 25.5 Å². The second kappa shape index (κ2) is 17.4. The van der Waals surface area contributed by atoms with Gasteiger partial charge >= 0.3 is 5.97 Å². The van der Waals surface area contributed by atoms with Crippen molar-refractivity contribution in [3.8, 4) is 0 Å². The molecular formula is C26H32ClNO5S2. The smallest absolute Gasteiger partial charge is 0.328 e. The predicted molar refractivity (Wildman–Crippen MR) is 144 cm³/mol. The second-order valence-corrected chi connectivity index (χ2v) is 10.0. The van der Waals surface area contributed by atoms with Gasteiger partial charge in [-0.2, -0.15) is 11.8 Å². The Kier molecular flexibility index (Phi) is 14.6. The maximum atomic E-state index is 13.3. The van der Waals surface area contributed by atoms with Gasteiger partial charge in [0.05, 0.1) is 19.1 Å². The van der Waals surface area contributed by atoms with Crippen molar-refractivity contribution in [3.05, 3.63) is 71.8 Å². The van der Waals surface area contributed by atoms with Crippen molar-refractivity contribution in [1.29, 1.82) is 0 Å². The molecule has 2 rings (SSSR count). The predicted octanol–water partition coefficient (Wildman–Crippen LogP) is 4.46. The summed E-state index contributed by atoms with van der Waals surface area (Å²) < 4.78 is 10.5. The van der Waals surface area contributed by atoms with Crippen molar-refractivity contribution < 1.29 is 23.9 Å². The lowest BCUT2D eigenvalue weighted by molar-refractivity contribution is -0.149. The first-order valence-electron chi connectivity index (χ1n) is 11.4. The van der Waals surface area contributed by atoms with E-state index < -0.39 is 17.9 Å². The van der Waals surface area contributed by atoms with Gasteiger partial charge in [-0.25, -0.2) is 4.79 Å². The van der Waals surface area contributed by atoms with Gasteiger partial charge < -0.3 is 14.8 Å². The summed E-state index contributed by atoms with van der Waals surface area (Å²) in [7, 11) is 0. The van der Waals surface area contributed by atoms with Crippen LogP contribution in [-0.4, -0.2) is 66.5 Å². The number of rotatable bonds is 16. The SMILES string of the molecule is CSCC[C@H](NC(=O)[C@@H](CSC(=O)c1ccccc1)Cc1ccccc1)C(=O)OCCOCCCl. The Bertz CT molecular complexity index is 901. The van der Waals surface area contributed by atoms with Crippen LogP contribution in [0.3, 0.4) is 0 Å². The maximum Gasteiger partial charge on any atom is 0.328 e. The molecule has 0 saturated carbocycles. The molecule has 9 heteroatoms. The van der Waals surface area contributed by atoms with Gasteiger partial charge in [-0.1, -0.05) is 72.4 Å². The van der Waals surface area contributed by atoms with Crippen LogP contribution in [0.5, 0.6) is 0 Å². The van der Waals surface area contributed by atoms with Crippen LogP contribution in [0.1, 0.15) is 22.3 Å². The Morgan fingerprint density at radius 1 is 0.971 bits per heavy atom. The molecule has 6 nitrogen and oxygen atoms in total. The summed E-state index contributed by atoms with van der Waals surface area (Å²) in [6, 6.07) is 17.9. The quantitative estimate of drug-likeness (QED) is 0.192. The highest BCUT2D eigenvalue weighted by molar-refractivity contribution is 8.14. The third-order valence-corrected chi connectivity index (χ3v) is 6.89. The minimum atomic E-state index is -0.768. The number of thioether (sulfide) groups is 2. The van der Waals surface area contributed by atoms with Crippen molar-refractivity contribution in [1.82, 2.24) is 5.32 Å². The summed E-state index contributed by atoms with van der Waals surface area (Å²) in [6.07, 6.45) is 2.84. The van der Waals surface area contributed by atoms with Gasteiger partial charge in [0.25, 0.3) is 0 Å². The van der Waals surface area contributed by atoms with Gasteiger partial charge in [-0.05, 0) is 30.4 Å². The van der Waals surface area contributed by atoms with Crippen LogP contribution in [0, 0.1) is 5.92 Å². The molecule has 0 fully saturated rings. The van der Waals surface area contributed by atoms with E-state index in [1.54, 1.807) is 23.9 Å². The summed E-state index contributed by atoms with van der Waals surface area (Å²) in [5, 5.41) is 2.78.